The number of carboxylic acids is 1. The van der Waals surface area contributed by atoms with E-state index in [2.05, 4.69) is 10.6 Å². The van der Waals surface area contributed by atoms with Gasteiger partial charge in [0.05, 0.1) is 0 Å². The van der Waals surface area contributed by atoms with Crippen LogP contribution in [0.15, 0.2) is 60.7 Å². The lowest BCUT2D eigenvalue weighted by Gasteiger charge is -2.44. The van der Waals surface area contributed by atoms with Gasteiger partial charge < -0.3 is 25.4 Å². The highest BCUT2D eigenvalue weighted by Crippen LogP contribution is 2.50. The molecule has 2 aromatic carbocycles. The first kappa shape index (κ1) is 31.9. The number of carbonyl (C=O) groups excluding carboxylic acids is 4. The number of amides is 4. The van der Waals surface area contributed by atoms with Gasteiger partial charge >= 0.3 is 12.1 Å². The zero-order valence-corrected chi connectivity index (χ0v) is 25.7. The topological polar surface area (TPSA) is 145 Å². The number of benzene rings is 2. The van der Waals surface area contributed by atoms with Crippen molar-refractivity contribution in [1.29, 1.82) is 0 Å². The van der Waals surface area contributed by atoms with Crippen molar-refractivity contribution in [1.82, 2.24) is 20.4 Å². The summed E-state index contributed by atoms with van der Waals surface area (Å²) in [6.07, 6.45) is -0.369. The van der Waals surface area contributed by atoms with Gasteiger partial charge in [0.1, 0.15) is 36.1 Å². The van der Waals surface area contributed by atoms with Crippen molar-refractivity contribution in [2.75, 3.05) is 7.05 Å². The van der Waals surface area contributed by atoms with Crippen LogP contribution < -0.4 is 10.6 Å². The van der Waals surface area contributed by atoms with Gasteiger partial charge in [-0.1, -0.05) is 74.5 Å². The van der Waals surface area contributed by atoms with Crippen LogP contribution in [-0.4, -0.2) is 80.0 Å². The molecule has 2 fully saturated rings. The summed E-state index contributed by atoms with van der Waals surface area (Å²) in [7, 11) is 1.48. The molecule has 11 nitrogen and oxygen atoms in total. The van der Waals surface area contributed by atoms with E-state index < -0.39 is 64.1 Å². The molecule has 0 bridgehead atoms. The van der Waals surface area contributed by atoms with E-state index in [0.717, 1.165) is 5.56 Å². The number of thioether (sulfide) groups is 1. The van der Waals surface area contributed by atoms with Crippen LogP contribution in [0.5, 0.6) is 0 Å². The largest absolute Gasteiger partial charge is 0.480 e. The van der Waals surface area contributed by atoms with Gasteiger partial charge in [0.25, 0.3) is 0 Å². The highest BCUT2D eigenvalue weighted by Gasteiger charge is 2.64. The third-order valence-corrected chi connectivity index (χ3v) is 9.18. The third kappa shape index (κ3) is 6.96. The molecule has 2 saturated heterocycles. The van der Waals surface area contributed by atoms with Gasteiger partial charge in [-0.25, -0.2) is 9.59 Å². The smallest absolute Gasteiger partial charge is 0.410 e. The van der Waals surface area contributed by atoms with Crippen molar-refractivity contribution in [3.8, 4) is 0 Å². The Labute approximate surface area is 255 Å². The predicted molar refractivity (Wildman–Crippen MR) is 161 cm³/mol. The van der Waals surface area contributed by atoms with Crippen LogP contribution in [0.2, 0.25) is 0 Å². The molecular formula is C31H38N4O7S. The number of β-lactam (4-membered cyclic amide) rings is 1. The first-order valence-electron chi connectivity index (χ1n) is 14.1. The highest BCUT2D eigenvalue weighted by atomic mass is 32.2. The summed E-state index contributed by atoms with van der Waals surface area (Å²) in [5.41, 5.74) is 1.29. The number of rotatable bonds is 11. The van der Waals surface area contributed by atoms with Gasteiger partial charge in [-0.15, -0.1) is 11.8 Å². The van der Waals surface area contributed by atoms with E-state index in [4.69, 9.17) is 4.74 Å². The molecule has 2 heterocycles. The van der Waals surface area contributed by atoms with Crippen LogP contribution in [0.3, 0.4) is 0 Å². The Morgan fingerprint density at radius 2 is 1.63 bits per heavy atom. The maximum atomic E-state index is 13.7. The van der Waals surface area contributed by atoms with Crippen molar-refractivity contribution in [3.63, 3.8) is 0 Å². The molecule has 4 amide bonds. The van der Waals surface area contributed by atoms with E-state index in [1.807, 2.05) is 44.2 Å². The lowest BCUT2D eigenvalue weighted by atomic mass is 9.95. The van der Waals surface area contributed by atoms with Crippen LogP contribution >= 0.6 is 11.8 Å². The van der Waals surface area contributed by atoms with Crippen molar-refractivity contribution < 1.29 is 33.8 Å². The fourth-order valence-electron chi connectivity index (χ4n) is 5.40. The van der Waals surface area contributed by atoms with E-state index in [1.54, 1.807) is 44.2 Å². The Kier molecular flexibility index (Phi) is 9.69. The second-order valence-electron chi connectivity index (χ2n) is 11.7. The molecule has 3 N–H and O–H groups in total. The molecule has 5 atom stereocenters. The number of nitrogens with zero attached hydrogens (tertiary/aromatic N) is 2. The summed E-state index contributed by atoms with van der Waals surface area (Å²) in [6.45, 7) is 7.39. The number of aliphatic carboxylic acids is 1. The first-order chi connectivity index (χ1) is 20.3. The molecule has 4 rings (SSSR count). The number of fused-ring (bicyclic) bond motifs is 1. The van der Waals surface area contributed by atoms with Crippen LogP contribution in [0, 0.1) is 5.92 Å². The molecule has 0 radical (unpaired) electrons. The average Bonchev–Trinajstić information content (AvgIpc) is 3.24. The SMILES string of the molecule is CC(C)CC(C(=O)NC(C(=O)NC1C(=O)N2[C@@H]1SC(C)(C)[C@@H]2C(=O)O)c1ccccc1)N(C)C(=O)OCc1ccccc1. The molecule has 0 aliphatic carbocycles. The summed E-state index contributed by atoms with van der Waals surface area (Å²) in [5.74, 6) is -2.73. The summed E-state index contributed by atoms with van der Waals surface area (Å²) in [6, 6.07) is 13.7. The number of hydrogen-bond acceptors (Lipinski definition) is 7. The van der Waals surface area contributed by atoms with Gasteiger partial charge in [0.15, 0.2) is 0 Å². The number of nitrogens with one attached hydrogen (secondary N) is 2. The van der Waals surface area contributed by atoms with Crippen LogP contribution in [0.1, 0.15) is 51.3 Å². The third-order valence-electron chi connectivity index (χ3n) is 7.61. The van der Waals surface area contributed by atoms with Crippen LogP contribution in [0.25, 0.3) is 0 Å². The van der Waals surface area contributed by atoms with Gasteiger partial charge in [-0.3, -0.25) is 19.3 Å². The van der Waals surface area contributed by atoms with Crippen LogP contribution in [-0.2, 0) is 30.5 Å². The standard InChI is InChI=1S/C31H38N4O7S/c1-18(2)16-21(34(5)30(41)42-17-19-12-8-6-9-13-19)25(36)32-22(20-14-10-7-11-15-20)26(37)33-23-27(38)35-24(29(39)40)31(3,4)43-28(23)35/h6-15,18,21-24,28H,16-17H2,1-5H3,(H,32,36)(H,33,37)(H,39,40)/t21?,22?,23?,24-,28+/m0/s1. The Morgan fingerprint density at radius 1 is 1.02 bits per heavy atom. The van der Waals surface area contributed by atoms with Crippen molar-refractivity contribution >= 4 is 41.5 Å². The molecule has 12 heteroatoms. The number of carboxylic acid groups (broad SMARTS) is 1. The van der Waals surface area contributed by atoms with E-state index in [1.165, 1.54) is 28.6 Å². The zero-order valence-electron chi connectivity index (χ0n) is 24.9. The number of likely N-dealkylation sites (N-methyl/N-ethyl adjacent to an activating group) is 1. The minimum atomic E-state index is -1.17. The predicted octanol–water partition coefficient (Wildman–Crippen LogP) is 3.16. The Hall–Kier alpha value is -4.06. The first-order valence-corrected chi connectivity index (χ1v) is 15.0. The fraction of sp³-hybridized carbons (Fsp3) is 0.452. The normalized spacial score (nSPS) is 21.7. The summed E-state index contributed by atoms with van der Waals surface area (Å²) in [4.78, 5) is 67.8. The van der Waals surface area contributed by atoms with E-state index in [-0.39, 0.29) is 12.5 Å². The molecular weight excluding hydrogens is 572 g/mol. The Morgan fingerprint density at radius 3 is 2.21 bits per heavy atom. The quantitative estimate of drug-likeness (QED) is 0.329. The maximum absolute atomic E-state index is 13.7. The Bertz CT molecular complexity index is 1350. The molecule has 2 aliphatic heterocycles. The van der Waals surface area contributed by atoms with E-state index >= 15 is 0 Å². The van der Waals surface area contributed by atoms with Gasteiger partial charge in [-0.2, -0.15) is 0 Å². The maximum Gasteiger partial charge on any atom is 0.410 e. The molecule has 2 aromatic rings. The second kappa shape index (κ2) is 13.1. The van der Waals surface area contributed by atoms with E-state index in [9.17, 15) is 29.1 Å². The molecule has 0 spiro atoms. The van der Waals surface area contributed by atoms with Gasteiger partial charge in [0.2, 0.25) is 17.7 Å². The van der Waals surface area contributed by atoms with Crippen molar-refractivity contribution in [2.45, 2.75) is 75.0 Å². The number of ether oxygens (including phenoxy) is 1. The minimum Gasteiger partial charge on any atom is -0.480 e. The number of carbonyl (C=O) groups is 5. The monoisotopic (exact) mass is 610 g/mol. The Balaban J connectivity index is 1.50. The van der Waals surface area contributed by atoms with Gasteiger partial charge in [0, 0.05) is 11.8 Å². The van der Waals surface area contributed by atoms with Crippen molar-refractivity contribution in [3.05, 3.63) is 71.8 Å². The van der Waals surface area contributed by atoms with Crippen LogP contribution in [0.4, 0.5) is 4.79 Å². The van der Waals surface area contributed by atoms with Gasteiger partial charge in [-0.05, 0) is 37.3 Å². The molecule has 3 unspecified atom stereocenters. The summed E-state index contributed by atoms with van der Waals surface area (Å²) in [5, 5.41) is 14.7. The molecule has 2 aliphatic rings. The average molecular weight is 611 g/mol. The number of hydrogen-bond donors (Lipinski definition) is 3. The second-order valence-corrected chi connectivity index (χ2v) is 13.5. The van der Waals surface area contributed by atoms with E-state index in [0.29, 0.717) is 12.0 Å². The lowest BCUT2D eigenvalue weighted by molar-refractivity contribution is -0.161. The van der Waals surface area contributed by atoms with Crippen molar-refractivity contribution in [2.24, 2.45) is 5.92 Å². The highest BCUT2D eigenvalue weighted by molar-refractivity contribution is 8.01. The summed E-state index contributed by atoms with van der Waals surface area (Å²) >= 11 is 1.32. The molecule has 0 aromatic heterocycles. The molecule has 43 heavy (non-hydrogen) atoms. The fourth-order valence-corrected chi connectivity index (χ4v) is 7.03. The lowest BCUT2D eigenvalue weighted by Crippen LogP contribution is -2.71. The summed E-state index contributed by atoms with van der Waals surface area (Å²) < 4.78 is 4.70. The minimum absolute atomic E-state index is 0.0348. The molecule has 230 valence electrons. The molecule has 0 saturated carbocycles. The zero-order chi connectivity index (χ0) is 31.5.